The summed E-state index contributed by atoms with van der Waals surface area (Å²) in [7, 11) is -9.04. The van der Waals surface area contributed by atoms with Crippen LogP contribution in [0.2, 0.25) is 0 Å². The summed E-state index contributed by atoms with van der Waals surface area (Å²) in [5.41, 5.74) is 6.04. The van der Waals surface area contributed by atoms with E-state index in [0.29, 0.717) is 0 Å². The van der Waals surface area contributed by atoms with Gasteiger partial charge < -0.3 is 45.6 Å². The number of anilines is 1. The third-order valence-electron chi connectivity index (χ3n) is 6.82. The second-order valence-corrected chi connectivity index (χ2v) is 13.3. The lowest BCUT2D eigenvalue weighted by molar-refractivity contribution is -0.558. The van der Waals surface area contributed by atoms with Crippen molar-refractivity contribution >= 4 is 44.8 Å². The van der Waals surface area contributed by atoms with E-state index in [-0.39, 0.29) is 22.6 Å². The monoisotopic (exact) mass is 696 g/mol. The molecule has 0 amide bonds. The van der Waals surface area contributed by atoms with E-state index in [1.807, 2.05) is 0 Å². The average molecular weight is 697 g/mol. The van der Waals surface area contributed by atoms with Crippen molar-refractivity contribution < 1.29 is 76.3 Å². The number of aromatic nitrogens is 4. The van der Waals surface area contributed by atoms with E-state index >= 15 is 0 Å². The molecule has 2 aromatic heterocycles. The second kappa shape index (κ2) is 14.4. The summed E-state index contributed by atoms with van der Waals surface area (Å²) in [6.07, 6.45) is -5.67. The molecule has 4 heterocycles. The Bertz CT molecular complexity index is 1600. The molecule has 0 bridgehead atoms. The Morgan fingerprint density at radius 2 is 1.76 bits per heavy atom. The van der Waals surface area contributed by atoms with Gasteiger partial charge in [0.15, 0.2) is 36.2 Å². The van der Waals surface area contributed by atoms with Gasteiger partial charge in [-0.05, 0) is 13.0 Å². The van der Waals surface area contributed by atoms with Crippen LogP contribution in [0.3, 0.4) is 0 Å². The highest BCUT2D eigenvalue weighted by Crippen LogP contribution is 2.63. The Balaban J connectivity index is 1.37. The first-order valence-electron chi connectivity index (χ1n) is 13.2. The molecule has 10 unspecified atom stereocenters. The molecule has 0 aromatic carbocycles. The Morgan fingerprint density at radius 1 is 1.11 bits per heavy atom. The fourth-order valence-electron chi connectivity index (χ4n) is 4.47. The maximum absolute atomic E-state index is 13.1. The number of nitrogens with zero attached hydrogens (tertiary/aromatic N) is 5. The highest BCUT2D eigenvalue weighted by molar-refractivity contribution is 7.61. The van der Waals surface area contributed by atoms with Crippen LogP contribution >= 0.6 is 15.6 Å². The van der Waals surface area contributed by atoms with Gasteiger partial charge in [-0.25, -0.2) is 28.8 Å². The predicted molar refractivity (Wildman–Crippen MR) is 153 cm³/mol. The van der Waals surface area contributed by atoms with Crippen molar-refractivity contribution in [2.75, 3.05) is 26.1 Å². The number of aliphatic hydroxyl groups is 4. The largest absolute Gasteiger partial charge is 0.643 e. The lowest BCUT2D eigenvalue weighted by Gasteiger charge is -2.20. The standard InChI is InChI=1S/C23H32N6O15P2/c1-4-5-28(6-11(2)23(34)35)21-17(32)15(30)13(42-21)8-41-46(38,39-3)44-45(36,37)40-7-12-16(31)18(33)22(43-12)29-10-27-14-19(24)25-9-26-20(14)29/h4-6,9-10,12-13,15-18,21-22,30-33H,1,7-8H2,2-3H3,(H3-,24,25,26,34,35,36,37)/p+2/b11-6+,28-5+. The van der Waals surface area contributed by atoms with Crippen LogP contribution in [0, 0.1) is 0 Å². The molecule has 2 saturated heterocycles. The van der Waals surface area contributed by atoms with E-state index in [1.165, 1.54) is 30.1 Å². The zero-order chi connectivity index (χ0) is 34.0. The quantitative estimate of drug-likeness (QED) is 0.0424. The fourth-order valence-corrected chi connectivity index (χ4v) is 6.94. The first kappa shape index (κ1) is 35.8. The molecule has 46 heavy (non-hydrogen) atoms. The number of phosphoric ester groups is 1. The highest BCUT2D eigenvalue weighted by atomic mass is 31.3. The van der Waals surface area contributed by atoms with Crippen molar-refractivity contribution in [1.82, 2.24) is 19.5 Å². The molecule has 0 radical (unpaired) electrons. The number of allylic oxidation sites excluding steroid dienone is 1. The van der Waals surface area contributed by atoms with Gasteiger partial charge in [-0.2, -0.15) is 9.14 Å². The third-order valence-corrected chi connectivity index (χ3v) is 9.89. The van der Waals surface area contributed by atoms with Gasteiger partial charge in [0.05, 0.1) is 25.1 Å². The molecule has 21 nitrogen and oxygen atoms in total. The van der Waals surface area contributed by atoms with E-state index in [4.69, 9.17) is 43.1 Å². The second-order valence-electron chi connectivity index (χ2n) is 9.93. The Morgan fingerprint density at radius 3 is 2.41 bits per heavy atom. The number of imidazole rings is 1. The van der Waals surface area contributed by atoms with Crippen molar-refractivity contribution in [3.8, 4) is 0 Å². The number of carboxylic acids is 1. The third kappa shape index (κ3) is 7.75. The van der Waals surface area contributed by atoms with Gasteiger partial charge in [0, 0.05) is 7.11 Å². The number of aliphatic carboxylic acids is 1. The summed E-state index contributed by atoms with van der Waals surface area (Å²) in [5.74, 6) is -1.19. The van der Waals surface area contributed by atoms with Crippen molar-refractivity contribution in [2.24, 2.45) is 0 Å². The van der Waals surface area contributed by atoms with Crippen LogP contribution in [0.25, 0.3) is 11.2 Å². The summed E-state index contributed by atoms with van der Waals surface area (Å²) < 4.78 is 59.0. The molecule has 0 spiro atoms. The summed E-state index contributed by atoms with van der Waals surface area (Å²) in [4.78, 5) is 31.1. The maximum Gasteiger partial charge on any atom is 0.643 e. The Kier molecular flexibility index (Phi) is 11.2. The van der Waals surface area contributed by atoms with Crippen LogP contribution < -0.4 is 5.73 Å². The smallest absolute Gasteiger partial charge is 0.478 e. The van der Waals surface area contributed by atoms with Crippen LogP contribution in [0.4, 0.5) is 5.82 Å². The number of nitrogens with two attached hydrogens (primary N) is 1. The summed E-state index contributed by atoms with van der Waals surface area (Å²) in [6.45, 7) is 3.22. The Labute approximate surface area is 260 Å². The average Bonchev–Trinajstić information content (AvgIpc) is 3.65. The SMILES string of the molecule is C=C/C=[N+](\C=C(/C)C(=O)O)C1OC(COP(=O)(OC)OP(=O)([OH2+])OCC2OC(n3cnc4c(N)ncnc43)C(O)C2O)C(O)C1O. The molecule has 0 saturated carbocycles. The fraction of sp³-hybridized carbons (Fsp3) is 0.522. The molecule has 9 N–H and O–H groups in total. The first-order valence-corrected chi connectivity index (χ1v) is 16.2. The van der Waals surface area contributed by atoms with Crippen LogP contribution in [0.15, 0.2) is 37.1 Å². The number of hydrogen-bond acceptors (Lipinski definition) is 17. The topological polar surface area (TPSA) is 303 Å². The molecular formula is C23H34N6O15P2+2. The van der Waals surface area contributed by atoms with Crippen LogP contribution in [0.5, 0.6) is 0 Å². The lowest BCUT2D eigenvalue weighted by Crippen LogP contribution is -2.38. The van der Waals surface area contributed by atoms with Gasteiger partial charge in [-0.1, -0.05) is 6.58 Å². The van der Waals surface area contributed by atoms with Crippen molar-refractivity contribution in [3.63, 3.8) is 0 Å². The number of phosphoric acid groups is 1. The minimum absolute atomic E-state index is 0.0647. The number of rotatable bonds is 14. The van der Waals surface area contributed by atoms with Gasteiger partial charge in [-0.3, -0.25) is 13.6 Å². The van der Waals surface area contributed by atoms with Crippen LogP contribution in [-0.2, 0) is 41.3 Å². The summed E-state index contributed by atoms with van der Waals surface area (Å²) >= 11 is 0. The molecule has 4 rings (SSSR count). The number of hydrogen-bond donors (Lipinski definition) is 6. The van der Waals surface area contributed by atoms with Crippen molar-refractivity contribution in [2.45, 2.75) is 56.0 Å². The molecule has 2 fully saturated rings. The minimum Gasteiger partial charge on any atom is -0.478 e. The zero-order valence-corrected chi connectivity index (χ0v) is 26.0. The van der Waals surface area contributed by atoms with Gasteiger partial charge >= 0.3 is 21.6 Å². The number of fused-ring (bicyclic) bond motifs is 1. The normalized spacial score (nSPS) is 31.5. The van der Waals surface area contributed by atoms with E-state index in [2.05, 4.69) is 21.5 Å². The van der Waals surface area contributed by atoms with E-state index < -0.39 is 83.9 Å². The molecule has 2 aromatic rings. The molecule has 0 aliphatic carbocycles. The maximum atomic E-state index is 13.1. The molecule has 23 heteroatoms. The van der Waals surface area contributed by atoms with Gasteiger partial charge in [-0.15, -0.1) is 4.31 Å². The zero-order valence-electron chi connectivity index (χ0n) is 24.2. The molecule has 254 valence electrons. The first-order chi connectivity index (χ1) is 21.6. The summed E-state index contributed by atoms with van der Waals surface area (Å²) in [6, 6.07) is 0. The molecular weight excluding hydrogens is 662 g/mol. The lowest BCUT2D eigenvalue weighted by atomic mass is 10.1. The number of carboxylic acid groups (broad SMARTS) is 1. The Hall–Kier alpha value is -3.01. The molecule has 2 aliphatic heterocycles. The van der Waals surface area contributed by atoms with Crippen LogP contribution in [-0.4, -0.2) is 130 Å². The van der Waals surface area contributed by atoms with Crippen LogP contribution in [0.1, 0.15) is 13.2 Å². The molecule has 10 atom stereocenters. The van der Waals surface area contributed by atoms with Crippen molar-refractivity contribution in [1.29, 1.82) is 0 Å². The van der Waals surface area contributed by atoms with Gasteiger partial charge in [0.1, 0.15) is 42.4 Å². The van der Waals surface area contributed by atoms with E-state index in [1.54, 1.807) is 0 Å². The predicted octanol–water partition coefficient (Wildman–Crippen LogP) is -1.63. The van der Waals surface area contributed by atoms with Gasteiger partial charge in [0.25, 0.3) is 6.23 Å². The minimum atomic E-state index is -5.04. The van der Waals surface area contributed by atoms with E-state index in [0.717, 1.165) is 24.2 Å². The van der Waals surface area contributed by atoms with Crippen molar-refractivity contribution in [3.05, 3.63) is 37.1 Å². The number of aliphatic hydroxyl groups excluding tert-OH is 4. The number of carbonyl (C=O) groups is 1. The number of nitrogen functional groups attached to an aromatic ring is 1. The van der Waals surface area contributed by atoms with E-state index in [9.17, 15) is 34.4 Å². The van der Waals surface area contributed by atoms with Gasteiger partial charge in [0.2, 0.25) is 0 Å². The highest BCUT2D eigenvalue weighted by Gasteiger charge is 2.52. The summed E-state index contributed by atoms with van der Waals surface area (Å²) in [5, 5.41) is 51.2. The number of ether oxygens (including phenoxy) is 2. The molecule has 2 aliphatic rings.